The third-order valence-corrected chi connectivity index (χ3v) is 5.60. The number of benzene rings is 2. The first kappa shape index (κ1) is 17.3. The number of hydrogen-bond acceptors (Lipinski definition) is 2. The van der Waals surface area contributed by atoms with Crippen molar-refractivity contribution in [3.63, 3.8) is 0 Å². The predicted octanol–water partition coefficient (Wildman–Crippen LogP) is 3.84. The molecule has 0 radical (unpaired) electrons. The van der Waals surface area contributed by atoms with Gasteiger partial charge in [0.15, 0.2) is 0 Å². The van der Waals surface area contributed by atoms with Crippen LogP contribution in [0.4, 0.5) is 0 Å². The van der Waals surface area contributed by atoms with E-state index in [1.807, 2.05) is 0 Å². The summed E-state index contributed by atoms with van der Waals surface area (Å²) in [6, 6.07) is 17.6. The maximum atomic E-state index is 3.43. The average Bonchev–Trinajstić information content (AvgIpc) is 3.02. The summed E-state index contributed by atoms with van der Waals surface area (Å²) in [5.74, 6) is 0. The van der Waals surface area contributed by atoms with Gasteiger partial charge in [-0.2, -0.15) is 0 Å². The van der Waals surface area contributed by atoms with Crippen molar-refractivity contribution >= 4 is 10.9 Å². The first-order valence-corrected chi connectivity index (χ1v) is 9.85. The average molecular weight is 348 g/mol. The molecule has 1 aromatic heterocycles. The number of hydrogen-bond donors (Lipinski definition) is 1. The first-order chi connectivity index (χ1) is 12.8. The lowest BCUT2D eigenvalue weighted by molar-refractivity contribution is 0.238. The van der Waals surface area contributed by atoms with Crippen LogP contribution < -0.4 is 5.32 Å². The lowest BCUT2D eigenvalue weighted by Crippen LogP contribution is -2.43. The molecule has 1 N–H and O–H groups in total. The van der Waals surface area contributed by atoms with E-state index in [1.54, 1.807) is 0 Å². The topological polar surface area (TPSA) is 20.2 Å². The number of fused-ring (bicyclic) bond motifs is 1. The molecule has 2 aromatic carbocycles. The second-order valence-electron chi connectivity index (χ2n) is 7.42. The molecule has 1 fully saturated rings. The van der Waals surface area contributed by atoms with Gasteiger partial charge >= 0.3 is 0 Å². The highest BCUT2D eigenvalue weighted by molar-refractivity contribution is 5.84. The third kappa shape index (κ3) is 3.84. The molecule has 0 bridgehead atoms. The quantitative estimate of drug-likeness (QED) is 0.731. The van der Waals surface area contributed by atoms with Gasteiger partial charge in [0.05, 0.1) is 0 Å². The molecule has 0 amide bonds. The van der Waals surface area contributed by atoms with Gasteiger partial charge in [-0.15, -0.1) is 0 Å². The molecule has 3 heteroatoms. The highest BCUT2D eigenvalue weighted by Crippen LogP contribution is 2.24. The van der Waals surface area contributed by atoms with E-state index in [1.165, 1.54) is 53.6 Å². The Hall–Kier alpha value is -2.10. The van der Waals surface area contributed by atoms with Crippen molar-refractivity contribution in [3.8, 4) is 0 Å². The number of nitrogens with one attached hydrogen (secondary N) is 1. The molecule has 0 atom stereocenters. The van der Waals surface area contributed by atoms with Crippen molar-refractivity contribution in [2.24, 2.45) is 0 Å². The molecule has 136 valence electrons. The highest BCUT2D eigenvalue weighted by Gasteiger charge is 2.12. The molecule has 2 heterocycles. The van der Waals surface area contributed by atoms with Crippen LogP contribution in [0.2, 0.25) is 0 Å². The molecule has 3 nitrogen and oxygen atoms in total. The summed E-state index contributed by atoms with van der Waals surface area (Å²) in [4.78, 5) is 2.59. The zero-order valence-electron chi connectivity index (χ0n) is 15.7. The maximum Gasteiger partial charge on any atom is 0.0486 e. The SMILES string of the molecule is Cc1ccccc1Cn1cc(CCCN2CCNCC2)c2ccccc21. The molecule has 0 spiro atoms. The molecule has 0 unspecified atom stereocenters. The minimum Gasteiger partial charge on any atom is -0.343 e. The monoisotopic (exact) mass is 347 g/mol. The van der Waals surface area contributed by atoms with E-state index in [0.717, 1.165) is 26.1 Å². The maximum absolute atomic E-state index is 3.43. The predicted molar refractivity (Wildman–Crippen MR) is 110 cm³/mol. The summed E-state index contributed by atoms with van der Waals surface area (Å²) >= 11 is 0. The van der Waals surface area contributed by atoms with Crippen LogP contribution >= 0.6 is 0 Å². The van der Waals surface area contributed by atoms with Gasteiger partial charge in [0, 0.05) is 49.8 Å². The Morgan fingerprint density at radius 3 is 2.54 bits per heavy atom. The Balaban J connectivity index is 1.51. The van der Waals surface area contributed by atoms with E-state index >= 15 is 0 Å². The van der Waals surface area contributed by atoms with Crippen LogP contribution in [0, 0.1) is 6.92 Å². The third-order valence-electron chi connectivity index (χ3n) is 5.60. The van der Waals surface area contributed by atoms with Gasteiger partial charge in [0.25, 0.3) is 0 Å². The van der Waals surface area contributed by atoms with Crippen molar-refractivity contribution < 1.29 is 0 Å². The van der Waals surface area contributed by atoms with Crippen LogP contribution in [0.15, 0.2) is 54.7 Å². The number of aryl methyl sites for hydroxylation is 2. The summed E-state index contributed by atoms with van der Waals surface area (Å²) in [5.41, 5.74) is 5.61. The van der Waals surface area contributed by atoms with E-state index in [9.17, 15) is 0 Å². The van der Waals surface area contributed by atoms with Crippen LogP contribution in [0.5, 0.6) is 0 Å². The fourth-order valence-corrected chi connectivity index (χ4v) is 4.05. The number of nitrogens with zero attached hydrogens (tertiary/aromatic N) is 2. The molecular weight excluding hydrogens is 318 g/mol. The molecule has 1 aliphatic rings. The van der Waals surface area contributed by atoms with Gasteiger partial charge in [-0.3, -0.25) is 0 Å². The molecule has 26 heavy (non-hydrogen) atoms. The smallest absolute Gasteiger partial charge is 0.0486 e. The van der Waals surface area contributed by atoms with Gasteiger partial charge in [0.1, 0.15) is 0 Å². The van der Waals surface area contributed by atoms with Crippen LogP contribution in [-0.4, -0.2) is 42.2 Å². The Bertz CT molecular complexity index is 859. The first-order valence-electron chi connectivity index (χ1n) is 9.85. The zero-order valence-corrected chi connectivity index (χ0v) is 15.7. The minimum absolute atomic E-state index is 0.949. The van der Waals surface area contributed by atoms with Crippen molar-refractivity contribution in [2.75, 3.05) is 32.7 Å². The number of rotatable bonds is 6. The molecule has 1 aliphatic heterocycles. The lowest BCUT2D eigenvalue weighted by atomic mass is 10.1. The summed E-state index contributed by atoms with van der Waals surface area (Å²) in [5, 5.41) is 4.85. The van der Waals surface area contributed by atoms with E-state index in [4.69, 9.17) is 0 Å². The van der Waals surface area contributed by atoms with Gasteiger partial charge in [-0.1, -0.05) is 42.5 Å². The Morgan fingerprint density at radius 2 is 1.69 bits per heavy atom. The van der Waals surface area contributed by atoms with Crippen molar-refractivity contribution in [1.29, 1.82) is 0 Å². The second-order valence-corrected chi connectivity index (χ2v) is 7.42. The summed E-state index contributed by atoms with van der Waals surface area (Å²) in [6.07, 6.45) is 4.78. The summed E-state index contributed by atoms with van der Waals surface area (Å²) in [7, 11) is 0. The molecule has 0 saturated carbocycles. The van der Waals surface area contributed by atoms with Crippen molar-refractivity contribution in [1.82, 2.24) is 14.8 Å². The van der Waals surface area contributed by atoms with Gasteiger partial charge in [-0.25, -0.2) is 0 Å². The number of aromatic nitrogens is 1. The highest BCUT2D eigenvalue weighted by atomic mass is 15.2. The second kappa shape index (κ2) is 8.07. The largest absolute Gasteiger partial charge is 0.343 e. The number of para-hydroxylation sites is 1. The zero-order chi connectivity index (χ0) is 17.8. The van der Waals surface area contributed by atoms with E-state index in [-0.39, 0.29) is 0 Å². The van der Waals surface area contributed by atoms with Crippen LogP contribution in [0.3, 0.4) is 0 Å². The van der Waals surface area contributed by atoms with Crippen LogP contribution in [0.1, 0.15) is 23.1 Å². The normalized spacial score (nSPS) is 15.6. The van der Waals surface area contributed by atoms with E-state index < -0.39 is 0 Å². The summed E-state index contributed by atoms with van der Waals surface area (Å²) < 4.78 is 2.43. The Morgan fingerprint density at radius 1 is 0.923 bits per heavy atom. The minimum atomic E-state index is 0.949. The standard InChI is InChI=1S/C23H29N3/c1-19-7-2-3-8-20(19)17-26-18-21(22-10-4-5-11-23(22)26)9-6-14-25-15-12-24-13-16-25/h2-5,7-8,10-11,18,24H,6,9,12-17H2,1H3. The fraction of sp³-hybridized carbons (Fsp3) is 0.391. The van der Waals surface area contributed by atoms with Gasteiger partial charge < -0.3 is 14.8 Å². The van der Waals surface area contributed by atoms with Gasteiger partial charge in [-0.05, 0) is 49.1 Å². The van der Waals surface area contributed by atoms with Crippen molar-refractivity contribution in [2.45, 2.75) is 26.3 Å². The Labute approximate surface area is 156 Å². The number of piperazine rings is 1. The van der Waals surface area contributed by atoms with Crippen molar-refractivity contribution in [3.05, 3.63) is 71.4 Å². The van der Waals surface area contributed by atoms with Crippen LogP contribution in [0.25, 0.3) is 10.9 Å². The van der Waals surface area contributed by atoms with E-state index in [2.05, 4.69) is 76.4 Å². The molecule has 4 rings (SSSR count). The van der Waals surface area contributed by atoms with Gasteiger partial charge in [0.2, 0.25) is 0 Å². The molecule has 3 aromatic rings. The summed E-state index contributed by atoms with van der Waals surface area (Å²) in [6.45, 7) is 9.01. The molecule has 0 aliphatic carbocycles. The molecular formula is C23H29N3. The fourth-order valence-electron chi connectivity index (χ4n) is 4.05. The Kier molecular flexibility index (Phi) is 5.37. The van der Waals surface area contributed by atoms with Crippen LogP contribution in [-0.2, 0) is 13.0 Å². The lowest BCUT2D eigenvalue weighted by Gasteiger charge is -2.26. The molecule has 1 saturated heterocycles. The van der Waals surface area contributed by atoms with E-state index in [0.29, 0.717) is 0 Å².